The molecule has 1 atom stereocenters. The van der Waals surface area contributed by atoms with E-state index >= 15 is 0 Å². The van der Waals surface area contributed by atoms with Gasteiger partial charge in [0, 0.05) is 23.4 Å². The van der Waals surface area contributed by atoms with Gasteiger partial charge in [-0.1, -0.05) is 6.92 Å². The zero-order chi connectivity index (χ0) is 15.7. The molecule has 1 saturated carbocycles. The molecule has 120 valence electrons. The number of amides is 2. The van der Waals surface area contributed by atoms with Crippen LogP contribution in [0.4, 0.5) is 5.00 Å². The molecule has 1 unspecified atom stereocenters. The normalized spacial score (nSPS) is 20.4. The highest BCUT2D eigenvalue weighted by molar-refractivity contribution is 7.17. The van der Waals surface area contributed by atoms with E-state index < -0.39 is 0 Å². The topological polar surface area (TPSA) is 84.2 Å². The first-order valence-electron chi connectivity index (χ1n) is 8.09. The Hall–Kier alpha value is -1.40. The largest absolute Gasteiger partial charge is 0.352 e. The van der Waals surface area contributed by atoms with Crippen molar-refractivity contribution in [3.63, 3.8) is 0 Å². The second-order valence-electron chi connectivity index (χ2n) is 6.23. The van der Waals surface area contributed by atoms with Crippen LogP contribution in [0.1, 0.15) is 53.4 Å². The van der Waals surface area contributed by atoms with Crippen LogP contribution in [0.3, 0.4) is 0 Å². The number of hydrogen-bond acceptors (Lipinski definition) is 4. The van der Waals surface area contributed by atoms with E-state index in [2.05, 4.69) is 10.6 Å². The number of rotatable bonds is 5. The van der Waals surface area contributed by atoms with Gasteiger partial charge in [0.15, 0.2) is 0 Å². The number of nitrogens with two attached hydrogens (primary N) is 1. The molecule has 1 aromatic heterocycles. The fourth-order valence-corrected chi connectivity index (χ4v) is 4.07. The van der Waals surface area contributed by atoms with Crippen molar-refractivity contribution in [1.82, 2.24) is 5.32 Å². The number of nitrogens with one attached hydrogen (secondary N) is 2. The van der Waals surface area contributed by atoms with E-state index in [9.17, 15) is 9.59 Å². The molecule has 5 nitrogen and oxygen atoms in total. The molecule has 4 N–H and O–H groups in total. The Morgan fingerprint density at radius 2 is 2.09 bits per heavy atom. The van der Waals surface area contributed by atoms with Crippen molar-refractivity contribution in [2.24, 2.45) is 11.7 Å². The molecule has 2 aliphatic rings. The first kappa shape index (κ1) is 15.5. The fraction of sp³-hybridized carbons (Fsp3) is 0.625. The fourth-order valence-electron chi connectivity index (χ4n) is 2.83. The van der Waals surface area contributed by atoms with Gasteiger partial charge in [-0.2, -0.15) is 0 Å². The number of aryl methyl sites for hydroxylation is 1. The van der Waals surface area contributed by atoms with Crippen LogP contribution in [-0.4, -0.2) is 24.4 Å². The smallest absolute Gasteiger partial charge is 0.254 e. The maximum atomic E-state index is 12.5. The Labute approximate surface area is 134 Å². The predicted molar refractivity (Wildman–Crippen MR) is 88.3 cm³/mol. The lowest BCUT2D eigenvalue weighted by molar-refractivity contribution is -0.117. The van der Waals surface area contributed by atoms with E-state index in [0.29, 0.717) is 17.1 Å². The Bertz CT molecular complexity index is 592. The monoisotopic (exact) mass is 321 g/mol. The van der Waals surface area contributed by atoms with Crippen molar-refractivity contribution in [2.45, 2.75) is 51.5 Å². The van der Waals surface area contributed by atoms with E-state index in [1.807, 2.05) is 6.92 Å². The first-order chi connectivity index (χ1) is 10.6. The minimum absolute atomic E-state index is 0.0486. The van der Waals surface area contributed by atoms with Crippen LogP contribution in [-0.2, 0) is 17.6 Å². The predicted octanol–water partition coefficient (Wildman–Crippen LogP) is 2.05. The van der Waals surface area contributed by atoms with Crippen LogP contribution in [0, 0.1) is 5.92 Å². The molecule has 0 bridgehead atoms. The summed E-state index contributed by atoms with van der Waals surface area (Å²) in [5.74, 6) is 0.0971. The molecule has 2 aliphatic carbocycles. The first-order valence-corrected chi connectivity index (χ1v) is 8.91. The summed E-state index contributed by atoms with van der Waals surface area (Å²) in [6.45, 7) is 2.67. The lowest BCUT2D eigenvalue weighted by atomic mass is 9.91. The Kier molecular flexibility index (Phi) is 4.49. The third kappa shape index (κ3) is 3.17. The number of anilines is 1. The van der Waals surface area contributed by atoms with Gasteiger partial charge in [-0.05, 0) is 44.1 Å². The van der Waals surface area contributed by atoms with Gasteiger partial charge in [-0.3, -0.25) is 9.59 Å². The van der Waals surface area contributed by atoms with Crippen molar-refractivity contribution < 1.29 is 9.59 Å². The number of carbonyl (C=O) groups is 2. The molecule has 22 heavy (non-hydrogen) atoms. The summed E-state index contributed by atoms with van der Waals surface area (Å²) in [5.41, 5.74) is 7.77. The molecule has 2 amide bonds. The third-order valence-corrected chi connectivity index (χ3v) is 5.45. The summed E-state index contributed by atoms with van der Waals surface area (Å²) in [6.07, 6.45) is 5.37. The highest BCUT2D eigenvalue weighted by atomic mass is 32.1. The van der Waals surface area contributed by atoms with E-state index in [-0.39, 0.29) is 23.8 Å². The van der Waals surface area contributed by atoms with Crippen LogP contribution in [0.2, 0.25) is 0 Å². The summed E-state index contributed by atoms with van der Waals surface area (Å²) in [4.78, 5) is 25.8. The highest BCUT2D eigenvalue weighted by Crippen LogP contribution is 2.39. The van der Waals surface area contributed by atoms with Crippen molar-refractivity contribution in [3.05, 3.63) is 16.0 Å². The minimum Gasteiger partial charge on any atom is -0.352 e. The van der Waals surface area contributed by atoms with E-state index in [1.54, 1.807) is 11.3 Å². The molecule has 1 heterocycles. The summed E-state index contributed by atoms with van der Waals surface area (Å²) in [6, 6.07) is 0.104. The van der Waals surface area contributed by atoms with Gasteiger partial charge in [-0.15, -0.1) is 11.3 Å². The molecule has 0 radical (unpaired) electrons. The Balaban J connectivity index is 1.89. The van der Waals surface area contributed by atoms with E-state index in [1.165, 1.54) is 4.88 Å². The van der Waals surface area contributed by atoms with Gasteiger partial charge < -0.3 is 16.4 Å². The second-order valence-corrected chi connectivity index (χ2v) is 7.34. The summed E-state index contributed by atoms with van der Waals surface area (Å²) >= 11 is 1.55. The van der Waals surface area contributed by atoms with Gasteiger partial charge >= 0.3 is 0 Å². The maximum Gasteiger partial charge on any atom is 0.254 e. The van der Waals surface area contributed by atoms with Crippen LogP contribution < -0.4 is 16.4 Å². The number of hydrogen-bond donors (Lipinski definition) is 3. The minimum atomic E-state index is -0.0838. The van der Waals surface area contributed by atoms with Crippen molar-refractivity contribution in [2.75, 3.05) is 11.9 Å². The van der Waals surface area contributed by atoms with Gasteiger partial charge in [0.05, 0.1) is 5.56 Å². The molecular formula is C16H23N3O2S. The lowest BCUT2D eigenvalue weighted by Crippen LogP contribution is -2.30. The van der Waals surface area contributed by atoms with Gasteiger partial charge in [0.25, 0.3) is 5.91 Å². The molecule has 0 aromatic carbocycles. The van der Waals surface area contributed by atoms with Crippen LogP contribution in [0.5, 0.6) is 0 Å². The molecular weight excluding hydrogens is 298 g/mol. The zero-order valence-corrected chi connectivity index (χ0v) is 13.7. The summed E-state index contributed by atoms with van der Waals surface area (Å²) < 4.78 is 0. The average molecular weight is 321 g/mol. The van der Waals surface area contributed by atoms with Gasteiger partial charge in [0.1, 0.15) is 5.00 Å². The van der Waals surface area contributed by atoms with E-state index in [0.717, 1.165) is 44.1 Å². The molecule has 0 saturated heterocycles. The molecule has 0 spiro atoms. The molecule has 0 aliphatic heterocycles. The van der Waals surface area contributed by atoms with Crippen molar-refractivity contribution in [3.8, 4) is 0 Å². The molecule has 6 heteroatoms. The third-order valence-electron chi connectivity index (χ3n) is 4.25. The molecule has 3 rings (SSSR count). The van der Waals surface area contributed by atoms with Crippen LogP contribution in [0.15, 0.2) is 0 Å². The van der Waals surface area contributed by atoms with Crippen molar-refractivity contribution >= 4 is 28.2 Å². The number of carbonyl (C=O) groups excluding carboxylic acids is 2. The van der Waals surface area contributed by atoms with Crippen LogP contribution >= 0.6 is 11.3 Å². The number of thiophene rings is 1. The average Bonchev–Trinajstić information content (AvgIpc) is 3.27. The summed E-state index contributed by atoms with van der Waals surface area (Å²) in [5, 5.41) is 6.63. The Morgan fingerprint density at radius 1 is 1.32 bits per heavy atom. The standard InChI is InChI=1S/C16H23N3O2S/c1-2-7-18-15(21)13-11-8-10(17)5-6-12(11)22-16(13)19-14(20)9-3-4-9/h9-10H,2-8,17H2,1H3,(H,18,21)(H,19,20). The van der Waals surface area contributed by atoms with E-state index in [4.69, 9.17) is 5.73 Å². The molecule has 1 fully saturated rings. The summed E-state index contributed by atoms with van der Waals surface area (Å²) in [7, 11) is 0. The van der Waals surface area contributed by atoms with Gasteiger partial charge in [0.2, 0.25) is 5.91 Å². The second kappa shape index (κ2) is 6.38. The zero-order valence-electron chi connectivity index (χ0n) is 12.9. The molecule has 1 aromatic rings. The maximum absolute atomic E-state index is 12.5. The lowest BCUT2D eigenvalue weighted by Gasteiger charge is -2.19. The quantitative estimate of drug-likeness (QED) is 0.776. The van der Waals surface area contributed by atoms with Crippen LogP contribution in [0.25, 0.3) is 0 Å². The SMILES string of the molecule is CCCNC(=O)c1c(NC(=O)C2CC2)sc2c1CC(N)CC2. The number of fused-ring (bicyclic) bond motifs is 1. The highest BCUT2D eigenvalue weighted by Gasteiger charge is 2.33. The van der Waals surface area contributed by atoms with Crippen molar-refractivity contribution in [1.29, 1.82) is 0 Å². The Morgan fingerprint density at radius 3 is 2.77 bits per heavy atom. The van der Waals surface area contributed by atoms with Gasteiger partial charge in [-0.25, -0.2) is 0 Å².